The smallest absolute Gasteiger partial charge is 0.252 e. The Labute approximate surface area is 245 Å². The lowest BCUT2D eigenvalue weighted by Gasteiger charge is -2.50. The highest BCUT2D eigenvalue weighted by molar-refractivity contribution is 5.12. The van der Waals surface area contributed by atoms with Crippen LogP contribution < -0.4 is 0 Å². The van der Waals surface area contributed by atoms with Gasteiger partial charge < -0.3 is 10.2 Å². The molecule has 2 aliphatic heterocycles. The minimum absolute atomic E-state index is 0.0758. The molecule has 2 heterocycles. The van der Waals surface area contributed by atoms with Crippen molar-refractivity contribution in [1.29, 1.82) is 0 Å². The number of likely N-dealkylation sites (tertiary alicyclic amines) is 2. The zero-order valence-electron chi connectivity index (χ0n) is 28.7. The van der Waals surface area contributed by atoms with Crippen molar-refractivity contribution >= 4 is 0 Å². The molecule has 3 unspecified atom stereocenters. The molecule has 0 bridgehead atoms. The fourth-order valence-corrected chi connectivity index (χ4v) is 5.59. The summed E-state index contributed by atoms with van der Waals surface area (Å²) in [5.41, 5.74) is -0.932. The van der Waals surface area contributed by atoms with Gasteiger partial charge in [-0.15, -0.1) is 0 Å². The van der Waals surface area contributed by atoms with Crippen LogP contribution in [0.3, 0.4) is 0 Å². The molecule has 2 N–H and O–H groups in total. The third kappa shape index (κ3) is 9.80. The van der Waals surface area contributed by atoms with Gasteiger partial charge in [-0.25, -0.2) is 17.6 Å². The van der Waals surface area contributed by atoms with E-state index in [-0.39, 0.29) is 30.7 Å². The first-order valence-electron chi connectivity index (χ1n) is 15.9. The summed E-state index contributed by atoms with van der Waals surface area (Å²) in [6.45, 7) is 32.1. The Balaban J connectivity index is 0. The second-order valence-electron chi connectivity index (χ2n) is 12.4. The van der Waals surface area contributed by atoms with Gasteiger partial charge in [0.25, 0.3) is 11.8 Å². The molecule has 4 rings (SSSR count). The molecule has 2 aliphatic carbocycles. The summed E-state index contributed by atoms with van der Waals surface area (Å²) in [6, 6.07) is 0.443. The zero-order chi connectivity index (χ0) is 32.5. The predicted molar refractivity (Wildman–Crippen MR) is 162 cm³/mol. The van der Waals surface area contributed by atoms with E-state index in [0.29, 0.717) is 24.5 Å². The van der Waals surface area contributed by atoms with Gasteiger partial charge in [-0.3, -0.25) is 9.80 Å². The number of rotatable bonds is 5. The normalized spacial score (nSPS) is 32.2. The Kier molecular flexibility index (Phi) is 16.5. The maximum Gasteiger partial charge on any atom is 0.252 e. The fourth-order valence-electron chi connectivity index (χ4n) is 5.59. The summed E-state index contributed by atoms with van der Waals surface area (Å²) in [7, 11) is 0. The molecule has 4 nitrogen and oxygen atoms in total. The van der Waals surface area contributed by atoms with E-state index in [0.717, 1.165) is 19.4 Å². The van der Waals surface area contributed by atoms with Crippen molar-refractivity contribution in [1.82, 2.24) is 9.80 Å². The number of nitrogens with zero attached hydrogens (tertiary/aromatic N) is 2. The summed E-state index contributed by atoms with van der Waals surface area (Å²) in [4.78, 5) is 4.06. The highest BCUT2D eigenvalue weighted by Gasteiger charge is 2.64. The second kappa shape index (κ2) is 15.9. The van der Waals surface area contributed by atoms with E-state index in [9.17, 15) is 27.8 Å². The van der Waals surface area contributed by atoms with Gasteiger partial charge in [-0.05, 0) is 57.5 Å². The summed E-state index contributed by atoms with van der Waals surface area (Å²) in [5, 5.41) is 20.1. The van der Waals surface area contributed by atoms with E-state index in [1.807, 2.05) is 74.1 Å². The zero-order valence-corrected chi connectivity index (χ0v) is 28.7. The molecule has 8 heteroatoms. The Morgan fingerprint density at radius 1 is 0.700 bits per heavy atom. The molecule has 0 radical (unpaired) electrons. The molecule has 244 valence electrons. The highest BCUT2D eigenvalue weighted by atomic mass is 19.3. The van der Waals surface area contributed by atoms with Gasteiger partial charge in [0.1, 0.15) is 0 Å². The number of alkyl halides is 4. The van der Waals surface area contributed by atoms with Crippen molar-refractivity contribution in [3.05, 3.63) is 0 Å². The second-order valence-corrected chi connectivity index (χ2v) is 12.4. The molecule has 4 aliphatic rings. The Hall–Kier alpha value is -0.440. The molecule has 0 aromatic rings. The van der Waals surface area contributed by atoms with Crippen molar-refractivity contribution in [3.63, 3.8) is 0 Å². The lowest BCUT2D eigenvalue weighted by Crippen LogP contribution is -2.64. The van der Waals surface area contributed by atoms with Crippen LogP contribution in [-0.4, -0.2) is 75.4 Å². The van der Waals surface area contributed by atoms with Gasteiger partial charge in [-0.2, -0.15) is 0 Å². The SMILES string of the molecule is CC.CC.CC.CC.CC(O)(O)[C@]1(C)N(CC2CC2(F)F)CCC1(C)C.CC1N(CC2CC2(F)F)CCC1(C)C. The molecule has 40 heavy (non-hydrogen) atoms. The topological polar surface area (TPSA) is 46.9 Å². The maximum atomic E-state index is 13.0. The van der Waals surface area contributed by atoms with Crippen LogP contribution in [0.25, 0.3) is 0 Å². The van der Waals surface area contributed by atoms with Gasteiger partial charge in [0.15, 0.2) is 5.79 Å². The van der Waals surface area contributed by atoms with Crippen molar-refractivity contribution in [2.24, 2.45) is 22.7 Å². The van der Waals surface area contributed by atoms with Crippen molar-refractivity contribution in [2.45, 2.75) is 159 Å². The van der Waals surface area contributed by atoms with Crippen molar-refractivity contribution < 1.29 is 27.8 Å². The van der Waals surface area contributed by atoms with E-state index in [1.165, 1.54) is 6.92 Å². The van der Waals surface area contributed by atoms with Crippen LogP contribution in [0.5, 0.6) is 0 Å². The minimum atomic E-state index is -2.56. The first-order chi connectivity index (χ1) is 18.2. The largest absolute Gasteiger partial charge is 0.364 e. The quantitative estimate of drug-likeness (QED) is 0.250. The predicted octanol–water partition coefficient (Wildman–Crippen LogP) is 8.70. The molecular formula is C32H66F4N2O2. The van der Waals surface area contributed by atoms with Gasteiger partial charge in [-0.1, -0.05) is 83.1 Å². The van der Waals surface area contributed by atoms with E-state index in [1.54, 1.807) is 6.92 Å². The van der Waals surface area contributed by atoms with Gasteiger partial charge in [0.05, 0.1) is 5.54 Å². The van der Waals surface area contributed by atoms with Crippen LogP contribution in [0.4, 0.5) is 17.6 Å². The summed E-state index contributed by atoms with van der Waals surface area (Å²) in [5.74, 6) is -7.81. The van der Waals surface area contributed by atoms with Crippen LogP contribution >= 0.6 is 0 Å². The van der Waals surface area contributed by atoms with Crippen LogP contribution in [0.2, 0.25) is 0 Å². The molecule has 0 aromatic heterocycles. The van der Waals surface area contributed by atoms with Gasteiger partial charge in [0, 0.05) is 43.8 Å². The molecule has 2 saturated heterocycles. The average Bonchev–Trinajstić information content (AvgIpc) is 3.64. The van der Waals surface area contributed by atoms with Gasteiger partial charge in [0.2, 0.25) is 0 Å². The van der Waals surface area contributed by atoms with Crippen LogP contribution in [0.1, 0.15) is 130 Å². The molecule has 0 spiro atoms. The lowest BCUT2D eigenvalue weighted by molar-refractivity contribution is -0.248. The maximum absolute atomic E-state index is 13.0. The van der Waals surface area contributed by atoms with E-state index in [4.69, 9.17) is 0 Å². The van der Waals surface area contributed by atoms with Crippen LogP contribution in [-0.2, 0) is 0 Å². The van der Waals surface area contributed by atoms with Crippen LogP contribution in [0.15, 0.2) is 0 Å². The van der Waals surface area contributed by atoms with E-state index in [2.05, 4.69) is 25.7 Å². The summed E-state index contributed by atoms with van der Waals surface area (Å²) >= 11 is 0. The Morgan fingerprint density at radius 2 is 1.07 bits per heavy atom. The number of aliphatic hydroxyl groups is 2. The Bertz CT molecular complexity index is 710. The minimum Gasteiger partial charge on any atom is -0.364 e. The molecule has 4 atom stereocenters. The molecule has 0 aromatic carbocycles. The van der Waals surface area contributed by atoms with Crippen molar-refractivity contribution in [2.75, 3.05) is 26.2 Å². The first kappa shape index (κ1) is 41.7. The molecule has 0 amide bonds. The van der Waals surface area contributed by atoms with E-state index < -0.39 is 29.1 Å². The van der Waals surface area contributed by atoms with Crippen molar-refractivity contribution in [3.8, 4) is 0 Å². The van der Waals surface area contributed by atoms with Crippen LogP contribution in [0, 0.1) is 22.7 Å². The number of hydrogen-bond acceptors (Lipinski definition) is 4. The monoisotopic (exact) mass is 587 g/mol. The molecule has 2 saturated carbocycles. The fraction of sp³-hybridized carbons (Fsp3) is 1.00. The highest BCUT2D eigenvalue weighted by Crippen LogP contribution is 2.55. The summed E-state index contributed by atoms with van der Waals surface area (Å²) < 4.78 is 51.6. The average molecular weight is 587 g/mol. The lowest BCUT2D eigenvalue weighted by atomic mass is 9.69. The summed E-state index contributed by atoms with van der Waals surface area (Å²) in [6.07, 6.45) is 1.94. The third-order valence-corrected chi connectivity index (χ3v) is 9.41. The number of hydrogen-bond donors (Lipinski definition) is 2. The molecular weight excluding hydrogens is 520 g/mol. The first-order valence-corrected chi connectivity index (χ1v) is 15.9. The van der Waals surface area contributed by atoms with Gasteiger partial charge >= 0.3 is 0 Å². The van der Waals surface area contributed by atoms with E-state index >= 15 is 0 Å². The number of halogens is 4. The molecule has 4 fully saturated rings. The Morgan fingerprint density at radius 3 is 1.38 bits per heavy atom. The standard InChI is InChI=1S/C13H23F2NO2.C11H19F2N.4C2H6/c1-10(2)5-6-16(8-9-7-13(9,14)15)11(10,3)12(4,17)18;1-8-10(2,3)4-5-14(8)7-9-6-11(9,12)13;4*1-2/h9,17-18H,5-8H2,1-4H3;8-9H,4-7H2,1-3H3;4*1-2H3/t9?,11-;;;;;/m1...../s1. The third-order valence-electron chi connectivity index (χ3n) is 9.41.